The summed E-state index contributed by atoms with van der Waals surface area (Å²) in [4.78, 5) is 31.5. The normalized spacial score (nSPS) is 19.0. The van der Waals surface area contributed by atoms with E-state index in [4.69, 9.17) is 9.15 Å². The molecule has 1 spiro atoms. The van der Waals surface area contributed by atoms with Crippen molar-refractivity contribution in [2.75, 3.05) is 11.9 Å². The molecule has 2 amide bonds. The first-order valence-corrected chi connectivity index (χ1v) is 9.64. The Morgan fingerprint density at radius 3 is 2.77 bits per heavy atom. The van der Waals surface area contributed by atoms with Crippen molar-refractivity contribution < 1.29 is 18.7 Å². The highest BCUT2D eigenvalue weighted by Crippen LogP contribution is 2.47. The van der Waals surface area contributed by atoms with Gasteiger partial charge in [-0.15, -0.1) is 10.2 Å². The van der Waals surface area contributed by atoms with Crippen molar-refractivity contribution in [1.29, 1.82) is 0 Å². The summed E-state index contributed by atoms with van der Waals surface area (Å²) in [5.41, 5.74) is 0.201. The van der Waals surface area contributed by atoms with Crippen LogP contribution in [0.2, 0.25) is 0 Å². The molecule has 2 aromatic heterocycles. The average molecular weight is 405 g/mol. The first-order chi connectivity index (χ1) is 14.6. The van der Waals surface area contributed by atoms with Gasteiger partial charge in [-0.05, 0) is 30.5 Å². The standard InChI is InChI=1S/C21H19N5O4/c1-26-17-14(8-5-11-22-17)30-21(9-10-21)16(20(26)28)23-18(27)19-25-24-15(29-19)12-13-6-3-2-4-7-13/h2-8,11,16H,9-10,12H2,1H3,(H,23,27)/t16-/m1/s1. The molecule has 30 heavy (non-hydrogen) atoms. The van der Waals surface area contributed by atoms with Gasteiger partial charge >= 0.3 is 11.8 Å². The van der Waals surface area contributed by atoms with E-state index in [-0.39, 0.29) is 11.8 Å². The predicted octanol–water partition coefficient (Wildman–Crippen LogP) is 1.74. The van der Waals surface area contributed by atoms with Crippen molar-refractivity contribution in [3.8, 4) is 5.75 Å². The second-order valence-corrected chi connectivity index (χ2v) is 7.46. The number of hydrogen-bond donors (Lipinski definition) is 1. The number of carbonyl (C=O) groups excluding carboxylic acids is 2. The van der Waals surface area contributed by atoms with Crippen molar-refractivity contribution in [3.63, 3.8) is 0 Å². The van der Waals surface area contributed by atoms with E-state index in [0.29, 0.717) is 36.7 Å². The van der Waals surface area contributed by atoms with E-state index in [9.17, 15) is 9.59 Å². The summed E-state index contributed by atoms with van der Waals surface area (Å²) in [6.07, 6.45) is 3.31. The molecule has 1 fully saturated rings. The van der Waals surface area contributed by atoms with Crippen LogP contribution in [0.25, 0.3) is 0 Å². The van der Waals surface area contributed by atoms with E-state index >= 15 is 0 Å². The van der Waals surface area contributed by atoms with Crippen LogP contribution in [0.15, 0.2) is 53.1 Å². The molecule has 5 rings (SSSR count). The van der Waals surface area contributed by atoms with Gasteiger partial charge in [0.25, 0.3) is 5.91 Å². The van der Waals surface area contributed by atoms with Crippen LogP contribution in [0.3, 0.4) is 0 Å². The van der Waals surface area contributed by atoms with E-state index in [0.717, 1.165) is 5.56 Å². The van der Waals surface area contributed by atoms with Crippen molar-refractivity contribution in [2.45, 2.75) is 30.9 Å². The molecule has 1 aliphatic heterocycles. The molecule has 1 atom stereocenters. The maximum Gasteiger partial charge on any atom is 0.309 e. The highest BCUT2D eigenvalue weighted by Gasteiger charge is 2.59. The van der Waals surface area contributed by atoms with E-state index in [1.165, 1.54) is 4.90 Å². The number of nitrogens with zero attached hydrogens (tertiary/aromatic N) is 4. The molecule has 0 bridgehead atoms. The summed E-state index contributed by atoms with van der Waals surface area (Å²) >= 11 is 0. The van der Waals surface area contributed by atoms with Gasteiger partial charge in [-0.25, -0.2) is 4.98 Å². The van der Waals surface area contributed by atoms with Gasteiger partial charge in [-0.2, -0.15) is 0 Å². The number of carbonyl (C=O) groups is 2. The highest BCUT2D eigenvalue weighted by atomic mass is 16.5. The number of hydrogen-bond acceptors (Lipinski definition) is 7. The first-order valence-electron chi connectivity index (χ1n) is 9.64. The van der Waals surface area contributed by atoms with Crippen LogP contribution in [0.4, 0.5) is 5.82 Å². The van der Waals surface area contributed by atoms with Gasteiger partial charge in [0.05, 0.1) is 6.42 Å². The zero-order chi connectivity index (χ0) is 20.7. The van der Waals surface area contributed by atoms with Crippen LogP contribution >= 0.6 is 0 Å². The minimum atomic E-state index is -0.881. The number of amides is 2. The fraction of sp³-hybridized carbons (Fsp3) is 0.286. The van der Waals surface area contributed by atoms with Crippen molar-refractivity contribution in [2.24, 2.45) is 0 Å². The Morgan fingerprint density at radius 2 is 2.00 bits per heavy atom. The third kappa shape index (κ3) is 3.18. The van der Waals surface area contributed by atoms with Gasteiger partial charge < -0.3 is 14.5 Å². The molecule has 1 saturated carbocycles. The summed E-state index contributed by atoms with van der Waals surface area (Å²) < 4.78 is 11.6. The predicted molar refractivity (Wildman–Crippen MR) is 105 cm³/mol. The lowest BCUT2D eigenvalue weighted by Gasteiger charge is -2.25. The first kappa shape index (κ1) is 18.3. The molecular weight excluding hydrogens is 386 g/mol. The molecule has 9 nitrogen and oxygen atoms in total. The zero-order valence-electron chi connectivity index (χ0n) is 16.2. The van der Waals surface area contributed by atoms with Gasteiger partial charge in [-0.1, -0.05) is 30.3 Å². The Labute approximate surface area is 172 Å². The second kappa shape index (κ2) is 6.94. The lowest BCUT2D eigenvalue weighted by molar-refractivity contribution is -0.122. The number of rotatable bonds is 4. The Kier molecular flexibility index (Phi) is 4.23. The molecule has 0 unspecified atom stereocenters. The maximum atomic E-state index is 13.1. The fourth-order valence-electron chi connectivity index (χ4n) is 3.60. The molecule has 1 N–H and O–H groups in total. The quantitative estimate of drug-likeness (QED) is 0.704. The summed E-state index contributed by atoms with van der Waals surface area (Å²) in [6, 6.07) is 12.2. The minimum absolute atomic E-state index is 0.188. The molecule has 152 valence electrons. The molecule has 3 aromatic rings. The molecule has 9 heteroatoms. The van der Waals surface area contributed by atoms with Crippen LogP contribution in [0, 0.1) is 0 Å². The van der Waals surface area contributed by atoms with Gasteiger partial charge in [0.15, 0.2) is 11.6 Å². The molecule has 1 aliphatic carbocycles. The molecule has 2 aliphatic rings. The number of anilines is 1. The average Bonchev–Trinajstić information content (AvgIpc) is 3.40. The van der Waals surface area contributed by atoms with Gasteiger partial charge in [0, 0.05) is 13.2 Å². The van der Waals surface area contributed by atoms with E-state index < -0.39 is 17.6 Å². The smallest absolute Gasteiger partial charge is 0.309 e. The lowest BCUT2D eigenvalue weighted by atomic mass is 10.1. The van der Waals surface area contributed by atoms with Crippen LogP contribution < -0.4 is 15.0 Å². The van der Waals surface area contributed by atoms with Crippen LogP contribution in [0.5, 0.6) is 5.75 Å². The third-order valence-corrected chi connectivity index (χ3v) is 5.36. The number of fused-ring (bicyclic) bond motifs is 1. The van der Waals surface area contributed by atoms with Gasteiger partial charge in [0.2, 0.25) is 5.89 Å². The summed E-state index contributed by atoms with van der Waals surface area (Å²) in [5, 5.41) is 10.5. The summed E-state index contributed by atoms with van der Waals surface area (Å²) in [5.74, 6) is 0.167. The summed E-state index contributed by atoms with van der Waals surface area (Å²) in [6.45, 7) is 0. The number of nitrogens with one attached hydrogen (secondary N) is 1. The SMILES string of the molecule is CN1C(=O)[C@@H](NC(=O)c2nnc(Cc3ccccc3)o2)C2(CC2)Oc2cccnc21. The molecule has 1 aromatic carbocycles. The van der Waals surface area contributed by atoms with E-state index in [1.54, 1.807) is 25.4 Å². The topological polar surface area (TPSA) is 110 Å². The van der Waals surface area contributed by atoms with Crippen molar-refractivity contribution in [3.05, 3.63) is 66.0 Å². The number of ether oxygens (including phenoxy) is 1. The van der Waals surface area contributed by atoms with Gasteiger partial charge in [0.1, 0.15) is 11.6 Å². The molecule has 3 heterocycles. The minimum Gasteiger partial charge on any atom is -0.481 e. The van der Waals surface area contributed by atoms with Crippen LogP contribution in [-0.4, -0.2) is 45.7 Å². The Bertz CT molecular complexity index is 1110. The monoisotopic (exact) mass is 405 g/mol. The largest absolute Gasteiger partial charge is 0.481 e. The Morgan fingerprint density at radius 1 is 1.20 bits per heavy atom. The van der Waals surface area contributed by atoms with Crippen molar-refractivity contribution in [1.82, 2.24) is 20.5 Å². The third-order valence-electron chi connectivity index (χ3n) is 5.36. The van der Waals surface area contributed by atoms with E-state index in [1.807, 2.05) is 30.3 Å². The Balaban J connectivity index is 1.35. The molecular formula is C21H19N5O4. The Hall–Kier alpha value is -3.75. The number of aromatic nitrogens is 3. The zero-order valence-corrected chi connectivity index (χ0v) is 16.2. The number of likely N-dealkylation sites (N-methyl/N-ethyl adjacent to an activating group) is 1. The molecule has 0 saturated heterocycles. The highest BCUT2D eigenvalue weighted by molar-refractivity contribution is 6.02. The summed E-state index contributed by atoms with van der Waals surface area (Å²) in [7, 11) is 1.61. The van der Waals surface area contributed by atoms with E-state index in [2.05, 4.69) is 20.5 Å². The van der Waals surface area contributed by atoms with Gasteiger partial charge in [-0.3, -0.25) is 14.5 Å². The van der Waals surface area contributed by atoms with Crippen LogP contribution in [0.1, 0.15) is 35.0 Å². The maximum absolute atomic E-state index is 13.1. The number of benzene rings is 1. The fourth-order valence-corrected chi connectivity index (χ4v) is 3.60. The second-order valence-electron chi connectivity index (χ2n) is 7.46. The van der Waals surface area contributed by atoms with Crippen LogP contribution in [-0.2, 0) is 11.2 Å². The number of pyridine rings is 1. The van der Waals surface area contributed by atoms with Crippen molar-refractivity contribution >= 4 is 17.6 Å². The molecule has 0 radical (unpaired) electrons. The lowest BCUT2D eigenvalue weighted by Crippen LogP contribution is -2.55.